The van der Waals surface area contributed by atoms with E-state index in [1.807, 2.05) is 11.9 Å². The van der Waals surface area contributed by atoms with Gasteiger partial charge in [-0.3, -0.25) is 16.1 Å². The maximum absolute atomic E-state index is 13.0. The van der Waals surface area contributed by atoms with Gasteiger partial charge in [0.2, 0.25) is 0 Å². The van der Waals surface area contributed by atoms with Crippen LogP contribution in [0.5, 0.6) is 0 Å². The molecule has 5 unspecified atom stereocenters. The third-order valence-corrected chi connectivity index (χ3v) is 7.34. The zero-order valence-corrected chi connectivity index (χ0v) is 16.4. The maximum atomic E-state index is 13.0. The zero-order valence-electron chi connectivity index (χ0n) is 16.4. The van der Waals surface area contributed by atoms with Gasteiger partial charge in [-0.1, -0.05) is 0 Å². The van der Waals surface area contributed by atoms with Crippen LogP contribution in [0, 0.1) is 29.2 Å². The predicted molar refractivity (Wildman–Crippen MR) is 98.6 cm³/mol. The highest BCUT2D eigenvalue weighted by molar-refractivity contribution is 5.05. The molecule has 0 bridgehead atoms. The number of nitrogens with one attached hydrogen (secondary N) is 3. The molecule has 9 heteroatoms. The number of piperidine rings is 1. The van der Waals surface area contributed by atoms with E-state index in [9.17, 15) is 18.4 Å². The zero-order chi connectivity index (χ0) is 19.9. The van der Waals surface area contributed by atoms with Crippen molar-refractivity contribution in [1.82, 2.24) is 26.0 Å². The van der Waals surface area contributed by atoms with Gasteiger partial charge in [0.15, 0.2) is 6.19 Å². The Morgan fingerprint density at radius 1 is 0.964 bits per heavy atom. The molecule has 4 aliphatic rings. The fourth-order valence-corrected chi connectivity index (χ4v) is 5.75. The first-order valence-corrected chi connectivity index (χ1v) is 10.6. The minimum absolute atomic E-state index is 0.0202. The number of alkyl halides is 3. The molecule has 0 spiro atoms. The first kappa shape index (κ1) is 20.2. The Kier molecular flexibility index (Phi) is 5.76. The predicted octanol–water partition coefficient (Wildman–Crippen LogP) is 1.62. The van der Waals surface area contributed by atoms with Gasteiger partial charge in [0.1, 0.15) is 0 Å². The van der Waals surface area contributed by atoms with Crippen LogP contribution in [-0.4, -0.2) is 67.1 Å². The van der Waals surface area contributed by atoms with Crippen molar-refractivity contribution < 1.29 is 13.2 Å². The molecule has 5 atom stereocenters. The number of fused-ring (bicyclic) bond motifs is 1. The van der Waals surface area contributed by atoms with E-state index in [0.29, 0.717) is 31.3 Å². The third kappa shape index (κ3) is 4.11. The van der Waals surface area contributed by atoms with Crippen LogP contribution in [0.3, 0.4) is 0 Å². The van der Waals surface area contributed by atoms with E-state index in [1.165, 1.54) is 0 Å². The third-order valence-electron chi connectivity index (χ3n) is 7.34. The number of rotatable bonds is 2. The average molecular weight is 400 g/mol. The van der Waals surface area contributed by atoms with Crippen LogP contribution in [0.2, 0.25) is 0 Å². The summed E-state index contributed by atoms with van der Waals surface area (Å²) in [4.78, 5) is 1.81. The van der Waals surface area contributed by atoms with Crippen LogP contribution in [-0.2, 0) is 0 Å². The maximum Gasteiger partial charge on any atom is 0.391 e. The normalized spacial score (nSPS) is 42.8. The van der Waals surface area contributed by atoms with E-state index >= 15 is 0 Å². The van der Waals surface area contributed by atoms with Crippen molar-refractivity contribution in [3.05, 3.63) is 0 Å². The Morgan fingerprint density at radius 3 is 2.32 bits per heavy atom. The molecule has 1 saturated carbocycles. The second kappa shape index (κ2) is 7.98. The molecule has 6 nitrogen and oxygen atoms in total. The van der Waals surface area contributed by atoms with Gasteiger partial charge in [-0.15, -0.1) is 0 Å². The Morgan fingerprint density at radius 2 is 1.71 bits per heavy atom. The van der Waals surface area contributed by atoms with E-state index in [0.717, 1.165) is 25.9 Å². The first-order valence-electron chi connectivity index (χ1n) is 10.6. The summed E-state index contributed by atoms with van der Waals surface area (Å²) in [6.07, 6.45) is 1.88. The highest BCUT2D eigenvalue weighted by Crippen LogP contribution is 2.41. The van der Waals surface area contributed by atoms with E-state index in [2.05, 4.69) is 27.3 Å². The summed E-state index contributed by atoms with van der Waals surface area (Å²) in [6.45, 7) is 2.47. The Hall–Kier alpha value is -1.08. The molecule has 3 N–H and O–H groups in total. The van der Waals surface area contributed by atoms with Crippen molar-refractivity contribution in [2.24, 2.45) is 17.8 Å². The molecular weight excluding hydrogens is 369 g/mol. The largest absolute Gasteiger partial charge is 0.391 e. The van der Waals surface area contributed by atoms with Gasteiger partial charge in [-0.25, -0.2) is 5.01 Å². The number of hydrazine groups is 1. The summed E-state index contributed by atoms with van der Waals surface area (Å²) in [5, 5.41) is 18.9. The van der Waals surface area contributed by atoms with Crippen molar-refractivity contribution in [1.29, 1.82) is 5.26 Å². The lowest BCUT2D eigenvalue weighted by Gasteiger charge is -2.52. The molecular formula is C19H31F3N6. The molecule has 4 fully saturated rings. The molecule has 3 heterocycles. The summed E-state index contributed by atoms with van der Waals surface area (Å²) in [5.41, 5.74) is 3.55. The Labute approximate surface area is 164 Å². The van der Waals surface area contributed by atoms with Gasteiger partial charge in [0.25, 0.3) is 0 Å². The molecule has 158 valence electrons. The molecule has 4 rings (SSSR count). The molecule has 0 amide bonds. The summed E-state index contributed by atoms with van der Waals surface area (Å²) >= 11 is 0. The molecule has 0 radical (unpaired) electrons. The molecule has 0 aromatic heterocycles. The van der Waals surface area contributed by atoms with E-state index in [1.54, 1.807) is 0 Å². The van der Waals surface area contributed by atoms with Crippen molar-refractivity contribution in [3.63, 3.8) is 0 Å². The highest BCUT2D eigenvalue weighted by atomic mass is 19.4. The number of nitrogens with zero attached hydrogens (tertiary/aromatic N) is 3. The van der Waals surface area contributed by atoms with Crippen LogP contribution in [0.15, 0.2) is 0 Å². The first-order chi connectivity index (χ1) is 13.3. The molecule has 28 heavy (non-hydrogen) atoms. The summed E-state index contributed by atoms with van der Waals surface area (Å²) in [6, 6.07) is 0.822. The lowest BCUT2D eigenvalue weighted by Crippen LogP contribution is -2.72. The van der Waals surface area contributed by atoms with Crippen molar-refractivity contribution in [3.8, 4) is 6.19 Å². The van der Waals surface area contributed by atoms with Crippen molar-refractivity contribution in [2.45, 2.75) is 69.0 Å². The number of hydrogen-bond donors (Lipinski definition) is 3. The summed E-state index contributed by atoms with van der Waals surface area (Å²) < 4.78 is 39.1. The lowest BCUT2D eigenvalue weighted by atomic mass is 9.75. The number of halogens is 3. The van der Waals surface area contributed by atoms with Gasteiger partial charge >= 0.3 is 6.18 Å². The van der Waals surface area contributed by atoms with Gasteiger partial charge < -0.3 is 4.90 Å². The van der Waals surface area contributed by atoms with E-state index in [4.69, 9.17) is 0 Å². The highest BCUT2D eigenvalue weighted by Gasteiger charge is 2.48. The van der Waals surface area contributed by atoms with Crippen molar-refractivity contribution >= 4 is 0 Å². The fourth-order valence-electron chi connectivity index (χ4n) is 5.75. The van der Waals surface area contributed by atoms with Gasteiger partial charge in [0, 0.05) is 44.8 Å². The molecule has 3 saturated heterocycles. The number of hydrogen-bond acceptors (Lipinski definition) is 6. The van der Waals surface area contributed by atoms with Crippen LogP contribution in [0.1, 0.15) is 38.5 Å². The molecule has 1 aliphatic carbocycles. The minimum Gasteiger partial charge on any atom is -0.309 e. The Balaban J connectivity index is 1.45. The quantitative estimate of drug-likeness (QED) is 0.613. The average Bonchev–Trinajstić information content (AvgIpc) is 3.12. The number of likely N-dealkylation sites (tertiary alicyclic amines) is 1. The SMILES string of the molecule is CN1CCC(C2NC(C3CCC(C(F)(F)F)CC3)NC3CN(C#N)CCC32)N1. The van der Waals surface area contributed by atoms with Crippen molar-refractivity contribution in [2.75, 3.05) is 26.7 Å². The molecule has 0 aromatic carbocycles. The Bertz CT molecular complexity index is 585. The standard InChI is InChI=1S/C19H31F3N6/c1-27-8-7-15(26-27)17-14-6-9-28(11-23)10-16(14)24-18(25-17)12-2-4-13(5-3-12)19(20,21)22/h12-18,24-26H,2-10H2,1H3. The van der Waals surface area contributed by atoms with Gasteiger partial charge in [-0.2, -0.15) is 18.4 Å². The summed E-state index contributed by atoms with van der Waals surface area (Å²) in [7, 11) is 2.05. The van der Waals surface area contributed by atoms with Crippen LogP contribution >= 0.6 is 0 Å². The topological polar surface area (TPSA) is 66.4 Å². The second-order valence-electron chi connectivity index (χ2n) is 9.04. The minimum atomic E-state index is -4.07. The van der Waals surface area contributed by atoms with E-state index < -0.39 is 12.1 Å². The fraction of sp³-hybridized carbons (Fsp3) is 0.947. The molecule has 3 aliphatic heterocycles. The lowest BCUT2D eigenvalue weighted by molar-refractivity contribution is -0.185. The van der Waals surface area contributed by atoms with E-state index in [-0.39, 0.29) is 37.0 Å². The summed E-state index contributed by atoms with van der Waals surface area (Å²) in [5.74, 6) is -0.514. The van der Waals surface area contributed by atoms with Crippen LogP contribution < -0.4 is 16.1 Å². The van der Waals surface area contributed by atoms with Gasteiger partial charge in [-0.05, 0) is 50.4 Å². The second-order valence-corrected chi connectivity index (χ2v) is 9.04. The molecule has 0 aromatic rings. The monoisotopic (exact) mass is 400 g/mol. The van der Waals surface area contributed by atoms with Crippen LogP contribution in [0.25, 0.3) is 0 Å². The smallest absolute Gasteiger partial charge is 0.309 e. The van der Waals surface area contributed by atoms with Gasteiger partial charge in [0.05, 0.1) is 12.1 Å². The van der Waals surface area contributed by atoms with Crippen LogP contribution in [0.4, 0.5) is 13.2 Å². The number of nitriles is 1.